The van der Waals surface area contributed by atoms with Gasteiger partial charge in [0.25, 0.3) is 0 Å². The Labute approximate surface area is 210 Å². The number of aromatic nitrogens is 1. The molecule has 0 saturated carbocycles. The first-order valence-electron chi connectivity index (χ1n) is 11.0. The highest BCUT2D eigenvalue weighted by Crippen LogP contribution is 2.39. The van der Waals surface area contributed by atoms with Gasteiger partial charge in [0, 0.05) is 5.69 Å². The third-order valence-corrected chi connectivity index (χ3v) is 8.84. The van der Waals surface area contributed by atoms with Gasteiger partial charge in [-0.1, -0.05) is 51.2 Å². The lowest BCUT2D eigenvalue weighted by Crippen LogP contribution is -1.98. The van der Waals surface area contributed by atoms with Gasteiger partial charge in [0.05, 0.1) is 28.7 Å². The molecule has 0 N–H and O–H groups in total. The normalized spacial score (nSPS) is 11.3. The van der Waals surface area contributed by atoms with E-state index in [-0.39, 0.29) is 0 Å². The van der Waals surface area contributed by atoms with Crippen molar-refractivity contribution in [1.29, 1.82) is 0 Å². The van der Waals surface area contributed by atoms with E-state index in [4.69, 9.17) is 0 Å². The van der Waals surface area contributed by atoms with Crippen molar-refractivity contribution in [3.8, 4) is 26.8 Å². The van der Waals surface area contributed by atoms with Gasteiger partial charge < -0.3 is 4.57 Å². The molecule has 0 saturated heterocycles. The molecule has 3 aromatic heterocycles. The summed E-state index contributed by atoms with van der Waals surface area (Å²) in [5, 5.41) is 0. The van der Waals surface area contributed by atoms with Gasteiger partial charge in [-0.15, -0.1) is 22.7 Å². The maximum Gasteiger partial charge on any atom is 0.0705 e. The average Bonchev–Trinajstić information content (AvgIpc) is 3.50. The Balaban J connectivity index is 1.58. The van der Waals surface area contributed by atoms with Gasteiger partial charge in [0.15, 0.2) is 0 Å². The molecule has 31 heavy (non-hydrogen) atoms. The fourth-order valence-electron chi connectivity index (χ4n) is 3.92. The Hall–Kier alpha value is -1.14. The van der Waals surface area contributed by atoms with Crippen molar-refractivity contribution in [2.45, 2.75) is 51.9 Å². The highest BCUT2D eigenvalue weighted by molar-refractivity contribution is 9.11. The van der Waals surface area contributed by atoms with E-state index in [9.17, 15) is 0 Å². The topological polar surface area (TPSA) is 4.93 Å². The number of thiophene rings is 2. The van der Waals surface area contributed by atoms with E-state index in [1.807, 2.05) is 0 Å². The number of halogens is 2. The van der Waals surface area contributed by atoms with Crippen molar-refractivity contribution in [1.82, 2.24) is 4.57 Å². The summed E-state index contributed by atoms with van der Waals surface area (Å²) < 4.78 is 4.71. The molecule has 3 heterocycles. The Morgan fingerprint density at radius 1 is 0.645 bits per heavy atom. The van der Waals surface area contributed by atoms with Gasteiger partial charge in [-0.25, -0.2) is 0 Å². The number of rotatable bonds is 10. The van der Waals surface area contributed by atoms with E-state index < -0.39 is 0 Å². The first-order valence-corrected chi connectivity index (χ1v) is 14.2. The molecule has 4 rings (SSSR count). The van der Waals surface area contributed by atoms with Crippen LogP contribution in [0.1, 0.15) is 51.0 Å². The van der Waals surface area contributed by atoms with Crippen molar-refractivity contribution in [2.75, 3.05) is 0 Å². The van der Waals surface area contributed by atoms with Crippen LogP contribution in [-0.4, -0.2) is 4.57 Å². The summed E-state index contributed by atoms with van der Waals surface area (Å²) in [6.45, 7) is 2.28. The Bertz CT molecular complexity index is 1050. The molecule has 0 aliphatic rings. The number of hydrogen-bond acceptors (Lipinski definition) is 2. The largest absolute Gasteiger partial charge is 0.308 e. The first kappa shape index (κ1) is 23.0. The zero-order valence-corrected chi connectivity index (χ0v) is 22.5. The summed E-state index contributed by atoms with van der Waals surface area (Å²) in [7, 11) is 0. The summed E-state index contributed by atoms with van der Waals surface area (Å²) in [5.74, 6) is 0. The fraction of sp³-hybridized carbons (Fsp3) is 0.308. The number of unbranched alkanes of at least 4 members (excludes halogenated alkanes) is 5. The van der Waals surface area contributed by atoms with Gasteiger partial charge in [-0.3, -0.25) is 0 Å². The number of aryl methyl sites for hydroxylation is 1. The summed E-state index contributed by atoms with van der Waals surface area (Å²) >= 11 is 10.8. The van der Waals surface area contributed by atoms with E-state index in [0.29, 0.717) is 0 Å². The second kappa shape index (κ2) is 11.1. The maximum atomic E-state index is 3.62. The fourth-order valence-corrected chi connectivity index (χ4v) is 6.73. The Morgan fingerprint density at radius 2 is 1.19 bits per heavy atom. The second-order valence-electron chi connectivity index (χ2n) is 7.83. The van der Waals surface area contributed by atoms with Crippen LogP contribution < -0.4 is 0 Å². The SMILES string of the molecule is CCCCCCCCc1ccc(-n2c(-c3ccc(Br)s3)ccc2-c2ccc(Br)s2)cc1. The smallest absolute Gasteiger partial charge is 0.0705 e. The molecule has 0 atom stereocenters. The number of nitrogens with zero attached hydrogens (tertiary/aromatic N) is 1. The van der Waals surface area contributed by atoms with Gasteiger partial charge in [-0.2, -0.15) is 0 Å². The average molecular weight is 577 g/mol. The van der Waals surface area contributed by atoms with Gasteiger partial charge in [-0.05, 0) is 98.8 Å². The molecule has 0 radical (unpaired) electrons. The summed E-state index contributed by atoms with van der Waals surface area (Å²) in [5.41, 5.74) is 5.13. The van der Waals surface area contributed by atoms with Crippen molar-refractivity contribution in [3.63, 3.8) is 0 Å². The lowest BCUT2D eigenvalue weighted by molar-refractivity contribution is 0.607. The van der Waals surface area contributed by atoms with Crippen LogP contribution in [0.15, 0.2) is 68.2 Å². The van der Waals surface area contributed by atoms with Gasteiger partial charge in [0.2, 0.25) is 0 Å². The summed E-state index contributed by atoms with van der Waals surface area (Å²) in [6.07, 6.45) is 9.24. The van der Waals surface area contributed by atoms with E-state index in [1.165, 1.54) is 77.3 Å². The lowest BCUT2D eigenvalue weighted by atomic mass is 10.0. The zero-order chi connectivity index (χ0) is 21.6. The highest BCUT2D eigenvalue weighted by atomic mass is 79.9. The number of benzene rings is 1. The van der Waals surface area contributed by atoms with E-state index in [0.717, 1.165) is 7.57 Å². The molecular formula is C26H27Br2NS2. The third kappa shape index (κ3) is 5.81. The van der Waals surface area contributed by atoms with Gasteiger partial charge >= 0.3 is 0 Å². The standard InChI is InChI=1S/C26H27Br2NS2/c1-2-3-4-5-6-7-8-19-9-11-20(12-10-19)29-21(23-15-17-25(27)30-23)13-14-22(29)24-16-18-26(28)31-24/h9-18H,2-8H2,1H3. The molecule has 1 nitrogen and oxygen atoms in total. The minimum Gasteiger partial charge on any atom is -0.308 e. The zero-order valence-electron chi connectivity index (χ0n) is 17.7. The molecule has 1 aromatic carbocycles. The third-order valence-electron chi connectivity index (χ3n) is 5.55. The van der Waals surface area contributed by atoms with Crippen LogP contribution in [0.3, 0.4) is 0 Å². The molecule has 0 aliphatic carbocycles. The molecule has 4 aromatic rings. The highest BCUT2D eigenvalue weighted by Gasteiger charge is 2.16. The monoisotopic (exact) mass is 575 g/mol. The lowest BCUT2D eigenvalue weighted by Gasteiger charge is -2.13. The molecule has 0 fully saturated rings. The minimum atomic E-state index is 1.16. The summed E-state index contributed by atoms with van der Waals surface area (Å²) in [6, 6.07) is 22.3. The van der Waals surface area contributed by atoms with Crippen LogP contribution in [-0.2, 0) is 6.42 Å². The summed E-state index contributed by atoms with van der Waals surface area (Å²) in [4.78, 5) is 2.54. The molecular weight excluding hydrogens is 550 g/mol. The molecule has 0 unspecified atom stereocenters. The van der Waals surface area contributed by atoms with Crippen LogP contribution in [0, 0.1) is 0 Å². The quantitative estimate of drug-likeness (QED) is 0.165. The molecule has 5 heteroatoms. The maximum absolute atomic E-state index is 3.62. The Morgan fingerprint density at radius 3 is 1.71 bits per heavy atom. The molecule has 0 aliphatic heterocycles. The van der Waals surface area contributed by atoms with Crippen LogP contribution in [0.5, 0.6) is 0 Å². The molecule has 0 bridgehead atoms. The molecule has 0 amide bonds. The van der Waals surface area contributed by atoms with Crippen molar-refractivity contribution in [3.05, 3.63) is 73.8 Å². The van der Waals surface area contributed by atoms with Crippen molar-refractivity contribution in [2.24, 2.45) is 0 Å². The molecule has 0 spiro atoms. The Kier molecular flexibility index (Phi) is 8.27. The predicted octanol–water partition coefficient (Wildman–Crippen LogP) is 10.4. The number of hydrogen-bond donors (Lipinski definition) is 0. The predicted molar refractivity (Wildman–Crippen MR) is 145 cm³/mol. The van der Waals surface area contributed by atoms with E-state index in [1.54, 1.807) is 22.7 Å². The van der Waals surface area contributed by atoms with Crippen molar-refractivity contribution >= 4 is 54.5 Å². The van der Waals surface area contributed by atoms with Crippen LogP contribution in [0.25, 0.3) is 26.8 Å². The van der Waals surface area contributed by atoms with Crippen LogP contribution >= 0.6 is 54.5 Å². The first-order chi connectivity index (χ1) is 15.2. The minimum absolute atomic E-state index is 1.16. The van der Waals surface area contributed by atoms with E-state index >= 15 is 0 Å². The van der Waals surface area contributed by atoms with Crippen LogP contribution in [0.2, 0.25) is 0 Å². The molecule has 162 valence electrons. The second-order valence-corrected chi connectivity index (χ2v) is 12.8. The van der Waals surface area contributed by atoms with Crippen molar-refractivity contribution < 1.29 is 0 Å². The van der Waals surface area contributed by atoms with E-state index in [2.05, 4.69) is 104 Å². The van der Waals surface area contributed by atoms with Crippen LogP contribution in [0.4, 0.5) is 0 Å². The van der Waals surface area contributed by atoms with Gasteiger partial charge in [0.1, 0.15) is 0 Å².